The van der Waals surface area contributed by atoms with Crippen LogP contribution in [-0.2, 0) is 6.42 Å². The zero-order valence-corrected chi connectivity index (χ0v) is 19.3. The zero-order chi connectivity index (χ0) is 24.9. The quantitative estimate of drug-likeness (QED) is 0.347. The van der Waals surface area contributed by atoms with Gasteiger partial charge in [-0.2, -0.15) is 0 Å². The van der Waals surface area contributed by atoms with Gasteiger partial charge in [-0.25, -0.2) is 0 Å². The Bertz CT molecular complexity index is 1300. The molecular formula is C29H24O6. The molecule has 0 amide bonds. The van der Waals surface area contributed by atoms with Gasteiger partial charge in [0.15, 0.2) is 11.6 Å². The zero-order valence-electron chi connectivity index (χ0n) is 19.3. The van der Waals surface area contributed by atoms with Gasteiger partial charge in [0.05, 0.1) is 25.3 Å². The van der Waals surface area contributed by atoms with Gasteiger partial charge >= 0.3 is 0 Å². The van der Waals surface area contributed by atoms with Crippen LogP contribution in [0.2, 0.25) is 0 Å². The number of phenols is 2. The summed E-state index contributed by atoms with van der Waals surface area (Å²) >= 11 is 0. The summed E-state index contributed by atoms with van der Waals surface area (Å²) in [6.45, 7) is 0. The molecule has 6 heteroatoms. The number of phenolic OH excluding ortho intramolecular Hbond substituents is 2. The monoisotopic (exact) mass is 468 g/mol. The average Bonchev–Trinajstić information content (AvgIpc) is 2.88. The van der Waals surface area contributed by atoms with Gasteiger partial charge in [0, 0.05) is 11.1 Å². The number of ketones is 2. The standard InChI is InChI=1S/C29H24O6/c1-34-20-11-13-22(28(32)24-7-3-5-9-26(24)30)18(16-20)15-19-17-21(35-2)12-14-23(19)29(33)25-8-4-6-10-27(25)31/h3-14,16-17,30-31H,15H2,1-2H3. The minimum atomic E-state index is -0.350. The number of carbonyl (C=O) groups is 2. The topological polar surface area (TPSA) is 93.1 Å². The first-order valence-corrected chi connectivity index (χ1v) is 10.9. The molecule has 0 saturated heterocycles. The molecule has 0 bridgehead atoms. The Morgan fingerprint density at radius 2 is 1.00 bits per heavy atom. The molecule has 2 N–H and O–H groups in total. The molecule has 0 aliphatic rings. The number of carbonyl (C=O) groups excluding carboxylic acids is 2. The Kier molecular flexibility index (Phi) is 6.83. The van der Waals surface area contributed by atoms with E-state index in [2.05, 4.69) is 0 Å². The molecule has 176 valence electrons. The molecule has 0 aliphatic carbocycles. The van der Waals surface area contributed by atoms with Crippen molar-refractivity contribution in [3.8, 4) is 23.0 Å². The third-order valence-electron chi connectivity index (χ3n) is 5.79. The van der Waals surface area contributed by atoms with E-state index in [1.54, 1.807) is 72.8 Å². The minimum absolute atomic E-state index is 0.115. The van der Waals surface area contributed by atoms with Crippen molar-refractivity contribution in [3.05, 3.63) is 118 Å². The highest BCUT2D eigenvalue weighted by atomic mass is 16.5. The highest BCUT2D eigenvalue weighted by molar-refractivity contribution is 6.13. The van der Waals surface area contributed by atoms with E-state index in [4.69, 9.17) is 9.47 Å². The third-order valence-corrected chi connectivity index (χ3v) is 5.79. The van der Waals surface area contributed by atoms with Crippen molar-refractivity contribution in [2.45, 2.75) is 6.42 Å². The van der Waals surface area contributed by atoms with Gasteiger partial charge in [-0.1, -0.05) is 24.3 Å². The molecule has 4 aromatic rings. The number of methoxy groups -OCH3 is 2. The fourth-order valence-electron chi connectivity index (χ4n) is 3.96. The molecular weight excluding hydrogens is 444 g/mol. The van der Waals surface area contributed by atoms with Crippen molar-refractivity contribution in [1.82, 2.24) is 0 Å². The fraction of sp³-hybridized carbons (Fsp3) is 0.103. The van der Waals surface area contributed by atoms with E-state index in [0.717, 1.165) is 0 Å². The van der Waals surface area contributed by atoms with Gasteiger partial charge in [-0.15, -0.1) is 0 Å². The van der Waals surface area contributed by atoms with Crippen LogP contribution in [0, 0.1) is 0 Å². The van der Waals surface area contributed by atoms with Crippen LogP contribution in [0.1, 0.15) is 43.0 Å². The highest BCUT2D eigenvalue weighted by Crippen LogP contribution is 2.30. The first-order valence-electron chi connectivity index (χ1n) is 10.9. The van der Waals surface area contributed by atoms with Crippen LogP contribution in [0.5, 0.6) is 23.0 Å². The maximum atomic E-state index is 13.4. The van der Waals surface area contributed by atoms with Crippen LogP contribution >= 0.6 is 0 Å². The second-order valence-electron chi connectivity index (χ2n) is 7.92. The Balaban J connectivity index is 1.83. The molecule has 0 aliphatic heterocycles. The van der Waals surface area contributed by atoms with Crippen LogP contribution in [-0.4, -0.2) is 36.0 Å². The maximum Gasteiger partial charge on any atom is 0.197 e. The molecule has 0 spiro atoms. The summed E-state index contributed by atoms with van der Waals surface area (Å²) in [4.78, 5) is 26.7. The molecule has 0 radical (unpaired) electrons. The Labute approximate surface area is 203 Å². The molecule has 4 rings (SSSR count). The van der Waals surface area contributed by atoms with Crippen LogP contribution in [0.3, 0.4) is 0 Å². The summed E-state index contributed by atoms with van der Waals surface area (Å²) in [7, 11) is 3.06. The summed E-state index contributed by atoms with van der Waals surface area (Å²) in [5.41, 5.74) is 2.31. The van der Waals surface area contributed by atoms with Crippen LogP contribution in [0.15, 0.2) is 84.9 Å². The molecule has 4 aromatic carbocycles. The number of hydrogen-bond donors (Lipinski definition) is 2. The van der Waals surface area contributed by atoms with E-state index in [0.29, 0.717) is 33.8 Å². The van der Waals surface area contributed by atoms with E-state index < -0.39 is 0 Å². The second-order valence-corrected chi connectivity index (χ2v) is 7.92. The lowest BCUT2D eigenvalue weighted by Gasteiger charge is -2.15. The predicted octanol–water partition coefficient (Wildman–Crippen LogP) is 5.17. The van der Waals surface area contributed by atoms with Crippen LogP contribution in [0.25, 0.3) is 0 Å². The number of hydrogen-bond acceptors (Lipinski definition) is 6. The first kappa shape index (κ1) is 23.6. The van der Waals surface area contributed by atoms with E-state index in [9.17, 15) is 19.8 Å². The van der Waals surface area contributed by atoms with Crippen molar-refractivity contribution in [3.63, 3.8) is 0 Å². The van der Waals surface area contributed by atoms with Crippen molar-refractivity contribution < 1.29 is 29.3 Å². The summed E-state index contributed by atoms with van der Waals surface area (Å²) in [5.74, 6) is 0.164. The number of para-hydroxylation sites is 2. The highest BCUT2D eigenvalue weighted by Gasteiger charge is 2.21. The molecule has 6 nitrogen and oxygen atoms in total. The van der Waals surface area contributed by atoms with Gasteiger partial charge in [-0.3, -0.25) is 9.59 Å². The molecule has 0 aromatic heterocycles. The SMILES string of the molecule is COc1ccc(C(=O)c2ccccc2O)c(Cc2cc(OC)ccc2C(=O)c2ccccc2O)c1. The Morgan fingerprint density at radius 3 is 1.37 bits per heavy atom. The number of benzene rings is 4. The molecule has 0 atom stereocenters. The molecule has 0 heterocycles. The normalized spacial score (nSPS) is 10.6. The van der Waals surface area contributed by atoms with Gasteiger partial charge < -0.3 is 19.7 Å². The number of ether oxygens (including phenoxy) is 2. The molecule has 0 saturated carbocycles. The fourth-order valence-corrected chi connectivity index (χ4v) is 3.96. The molecule has 0 fully saturated rings. The summed E-state index contributed by atoms with van der Waals surface area (Å²) in [6, 6.07) is 22.8. The van der Waals surface area contributed by atoms with Crippen LogP contribution < -0.4 is 9.47 Å². The van der Waals surface area contributed by atoms with Gasteiger partial charge in [0.1, 0.15) is 23.0 Å². The summed E-state index contributed by atoms with van der Waals surface area (Å²) in [5, 5.41) is 20.5. The first-order chi connectivity index (χ1) is 16.9. The lowest BCUT2D eigenvalue weighted by molar-refractivity contribution is 0.102. The van der Waals surface area contributed by atoms with Gasteiger partial charge in [-0.05, 0) is 78.2 Å². The number of aromatic hydroxyl groups is 2. The van der Waals surface area contributed by atoms with Gasteiger partial charge in [0.2, 0.25) is 0 Å². The van der Waals surface area contributed by atoms with Crippen molar-refractivity contribution >= 4 is 11.6 Å². The van der Waals surface area contributed by atoms with Gasteiger partial charge in [0.25, 0.3) is 0 Å². The van der Waals surface area contributed by atoms with E-state index >= 15 is 0 Å². The summed E-state index contributed by atoms with van der Waals surface area (Å²) in [6.07, 6.45) is 0.206. The largest absolute Gasteiger partial charge is 0.507 e. The Morgan fingerprint density at radius 1 is 0.600 bits per heavy atom. The van der Waals surface area contributed by atoms with E-state index in [1.165, 1.54) is 26.4 Å². The molecule has 0 unspecified atom stereocenters. The second kappa shape index (κ2) is 10.1. The predicted molar refractivity (Wildman–Crippen MR) is 132 cm³/mol. The lowest BCUT2D eigenvalue weighted by Crippen LogP contribution is -2.10. The average molecular weight is 469 g/mol. The molecule has 35 heavy (non-hydrogen) atoms. The smallest absolute Gasteiger partial charge is 0.197 e. The van der Waals surface area contributed by atoms with Crippen LogP contribution in [0.4, 0.5) is 0 Å². The van der Waals surface area contributed by atoms with Crippen molar-refractivity contribution in [2.24, 2.45) is 0 Å². The summed E-state index contributed by atoms with van der Waals surface area (Å²) < 4.78 is 10.8. The van der Waals surface area contributed by atoms with E-state index in [-0.39, 0.29) is 40.6 Å². The van der Waals surface area contributed by atoms with Crippen molar-refractivity contribution in [1.29, 1.82) is 0 Å². The third kappa shape index (κ3) is 4.87. The Hall–Kier alpha value is -4.58. The van der Waals surface area contributed by atoms with Crippen molar-refractivity contribution in [2.75, 3.05) is 14.2 Å². The minimum Gasteiger partial charge on any atom is -0.507 e. The van der Waals surface area contributed by atoms with E-state index in [1.807, 2.05) is 0 Å². The maximum absolute atomic E-state index is 13.4. The number of rotatable bonds is 8. The lowest BCUT2D eigenvalue weighted by atomic mass is 9.89.